The fourth-order valence-electron chi connectivity index (χ4n) is 5.01. The van der Waals surface area contributed by atoms with Crippen molar-refractivity contribution in [2.75, 3.05) is 6.61 Å². The maximum Gasteiger partial charge on any atom is 0.488 e. The van der Waals surface area contributed by atoms with Gasteiger partial charge in [0.2, 0.25) is 0 Å². The molecule has 5 heteroatoms. The number of hydrogen-bond donors (Lipinski definition) is 3. The summed E-state index contributed by atoms with van der Waals surface area (Å²) in [7, 11) is -1.56. The molecule has 5 rings (SSSR count). The standard InChI is InChI=1S/C30H28BNO3/c33-21-30(22-10-2-1-3-11-22)32(19-25-14-6-9-17-29(25)31(34)35)20-28-26-15-7-4-12-23(26)18-24-13-5-8-16-27(24)28/h1-18,30,33-35H,19-21H2/t30-/m0/s1. The van der Waals surface area contributed by atoms with Gasteiger partial charge in [-0.1, -0.05) is 103 Å². The van der Waals surface area contributed by atoms with E-state index in [1.165, 1.54) is 27.1 Å². The molecule has 0 saturated heterocycles. The van der Waals surface area contributed by atoms with Crippen LogP contribution in [0, 0.1) is 0 Å². The monoisotopic (exact) mass is 461 g/mol. The van der Waals surface area contributed by atoms with Gasteiger partial charge in [0.1, 0.15) is 0 Å². The van der Waals surface area contributed by atoms with Gasteiger partial charge >= 0.3 is 7.12 Å². The van der Waals surface area contributed by atoms with Crippen molar-refractivity contribution in [1.82, 2.24) is 4.90 Å². The van der Waals surface area contributed by atoms with Crippen LogP contribution in [0.1, 0.15) is 22.7 Å². The van der Waals surface area contributed by atoms with Gasteiger partial charge in [-0.25, -0.2) is 0 Å². The number of nitrogens with zero attached hydrogens (tertiary/aromatic N) is 1. The maximum absolute atomic E-state index is 10.6. The number of rotatable bonds is 8. The normalized spacial score (nSPS) is 12.3. The van der Waals surface area contributed by atoms with Crippen LogP contribution in [0.5, 0.6) is 0 Å². The molecule has 5 aromatic rings. The third-order valence-electron chi connectivity index (χ3n) is 6.75. The van der Waals surface area contributed by atoms with Gasteiger partial charge in [-0.15, -0.1) is 0 Å². The first-order valence-corrected chi connectivity index (χ1v) is 11.9. The lowest BCUT2D eigenvalue weighted by Crippen LogP contribution is -2.37. The molecule has 0 aliphatic heterocycles. The van der Waals surface area contributed by atoms with Gasteiger partial charge in [-0.05, 0) is 49.8 Å². The van der Waals surface area contributed by atoms with Crippen LogP contribution in [0.15, 0.2) is 109 Å². The van der Waals surface area contributed by atoms with Gasteiger partial charge < -0.3 is 15.2 Å². The molecule has 0 aliphatic rings. The Bertz CT molecular complexity index is 1380. The van der Waals surface area contributed by atoms with Crippen LogP contribution in [0.25, 0.3) is 21.5 Å². The average molecular weight is 461 g/mol. The fourth-order valence-corrected chi connectivity index (χ4v) is 5.01. The number of benzene rings is 5. The zero-order chi connectivity index (χ0) is 24.2. The van der Waals surface area contributed by atoms with Gasteiger partial charge in [0.15, 0.2) is 0 Å². The second-order valence-corrected chi connectivity index (χ2v) is 8.88. The lowest BCUT2D eigenvalue weighted by atomic mass is 9.77. The van der Waals surface area contributed by atoms with Crippen LogP contribution in [-0.4, -0.2) is 33.8 Å². The predicted octanol–water partition coefficient (Wildman–Crippen LogP) is 4.41. The molecule has 35 heavy (non-hydrogen) atoms. The predicted molar refractivity (Wildman–Crippen MR) is 143 cm³/mol. The van der Waals surface area contributed by atoms with Gasteiger partial charge in [0.25, 0.3) is 0 Å². The first-order chi connectivity index (χ1) is 17.2. The summed E-state index contributed by atoms with van der Waals surface area (Å²) in [5, 5.41) is 35.3. The molecule has 0 saturated carbocycles. The molecule has 3 N–H and O–H groups in total. The summed E-state index contributed by atoms with van der Waals surface area (Å²) in [5.41, 5.74) is 3.50. The van der Waals surface area contributed by atoms with Crippen LogP contribution in [0.2, 0.25) is 0 Å². The average Bonchev–Trinajstić information content (AvgIpc) is 2.89. The Balaban J connectivity index is 1.66. The molecule has 1 atom stereocenters. The first-order valence-electron chi connectivity index (χ1n) is 11.9. The molecule has 0 spiro atoms. The molecule has 0 heterocycles. The number of aliphatic hydroxyl groups is 1. The SMILES string of the molecule is OC[C@@H](c1ccccc1)N(Cc1ccccc1B(O)O)Cc1c2ccccc2cc2ccccc12. The molecule has 0 fully saturated rings. The smallest absolute Gasteiger partial charge is 0.423 e. The molecule has 4 nitrogen and oxygen atoms in total. The van der Waals surface area contributed by atoms with Gasteiger partial charge in [-0.3, -0.25) is 4.90 Å². The van der Waals surface area contributed by atoms with E-state index in [0.29, 0.717) is 18.6 Å². The van der Waals surface area contributed by atoms with Crippen molar-refractivity contribution < 1.29 is 15.2 Å². The van der Waals surface area contributed by atoms with E-state index in [0.717, 1.165) is 11.1 Å². The zero-order valence-electron chi connectivity index (χ0n) is 19.5. The minimum absolute atomic E-state index is 0.0590. The van der Waals surface area contributed by atoms with Crippen molar-refractivity contribution in [3.05, 3.63) is 126 Å². The van der Waals surface area contributed by atoms with Crippen LogP contribution < -0.4 is 5.46 Å². The zero-order valence-corrected chi connectivity index (χ0v) is 19.5. The second-order valence-electron chi connectivity index (χ2n) is 8.88. The summed E-state index contributed by atoms with van der Waals surface area (Å²) < 4.78 is 0. The Kier molecular flexibility index (Phi) is 6.93. The van der Waals surface area contributed by atoms with E-state index in [4.69, 9.17) is 0 Å². The molecule has 0 unspecified atom stereocenters. The maximum atomic E-state index is 10.6. The molecule has 0 aromatic heterocycles. The Labute approximate surface area is 205 Å². The Morgan fingerprint density at radius 2 is 1.23 bits per heavy atom. The molecule has 0 amide bonds. The van der Waals surface area contributed by atoms with E-state index in [-0.39, 0.29) is 12.6 Å². The molecule has 0 aliphatic carbocycles. The largest absolute Gasteiger partial charge is 0.488 e. The molecule has 0 bridgehead atoms. The van der Waals surface area contributed by atoms with Crippen molar-refractivity contribution in [3.8, 4) is 0 Å². The summed E-state index contributed by atoms with van der Waals surface area (Å²) >= 11 is 0. The van der Waals surface area contributed by atoms with Crippen LogP contribution >= 0.6 is 0 Å². The van der Waals surface area contributed by atoms with Crippen molar-refractivity contribution in [2.24, 2.45) is 0 Å². The fraction of sp³-hybridized carbons (Fsp3) is 0.133. The minimum Gasteiger partial charge on any atom is -0.423 e. The quantitative estimate of drug-likeness (QED) is 0.237. The number of fused-ring (bicyclic) bond motifs is 2. The molecule has 5 aromatic carbocycles. The van der Waals surface area contributed by atoms with Crippen molar-refractivity contribution in [3.63, 3.8) is 0 Å². The summed E-state index contributed by atoms with van der Waals surface area (Å²) in [4.78, 5) is 2.23. The minimum atomic E-state index is -1.56. The van der Waals surface area contributed by atoms with E-state index in [1.807, 2.05) is 48.5 Å². The van der Waals surface area contributed by atoms with E-state index in [9.17, 15) is 15.2 Å². The lowest BCUT2D eigenvalue weighted by molar-refractivity contribution is 0.111. The third-order valence-corrected chi connectivity index (χ3v) is 6.75. The summed E-state index contributed by atoms with van der Waals surface area (Å²) in [6.07, 6.45) is 0. The highest BCUT2D eigenvalue weighted by atomic mass is 16.4. The van der Waals surface area contributed by atoms with Crippen molar-refractivity contribution >= 4 is 34.1 Å². The van der Waals surface area contributed by atoms with E-state index in [1.54, 1.807) is 6.07 Å². The van der Waals surface area contributed by atoms with E-state index in [2.05, 4.69) is 59.5 Å². The Morgan fingerprint density at radius 1 is 0.657 bits per heavy atom. The molecular weight excluding hydrogens is 433 g/mol. The highest BCUT2D eigenvalue weighted by molar-refractivity contribution is 6.59. The second kappa shape index (κ2) is 10.4. The Hall–Kier alpha value is -3.48. The lowest BCUT2D eigenvalue weighted by Gasteiger charge is -2.32. The highest BCUT2D eigenvalue weighted by Crippen LogP contribution is 2.32. The molecular formula is C30H28BNO3. The van der Waals surface area contributed by atoms with E-state index >= 15 is 0 Å². The van der Waals surface area contributed by atoms with E-state index < -0.39 is 7.12 Å². The van der Waals surface area contributed by atoms with Gasteiger partial charge in [0, 0.05) is 13.1 Å². The number of hydrogen-bond acceptors (Lipinski definition) is 4. The van der Waals surface area contributed by atoms with Crippen molar-refractivity contribution in [1.29, 1.82) is 0 Å². The Morgan fingerprint density at radius 3 is 1.86 bits per heavy atom. The van der Waals surface area contributed by atoms with Gasteiger partial charge in [0.05, 0.1) is 12.6 Å². The van der Waals surface area contributed by atoms with Crippen LogP contribution in [0.3, 0.4) is 0 Å². The van der Waals surface area contributed by atoms with Crippen LogP contribution in [0.4, 0.5) is 0 Å². The van der Waals surface area contributed by atoms with Crippen molar-refractivity contribution in [2.45, 2.75) is 19.1 Å². The van der Waals surface area contributed by atoms with Crippen LogP contribution in [-0.2, 0) is 13.1 Å². The molecule has 174 valence electrons. The molecule has 0 radical (unpaired) electrons. The first kappa shape index (κ1) is 23.3. The topological polar surface area (TPSA) is 63.9 Å². The third kappa shape index (κ3) is 4.85. The summed E-state index contributed by atoms with van der Waals surface area (Å²) in [6.45, 7) is 0.972. The van der Waals surface area contributed by atoms with Gasteiger partial charge in [-0.2, -0.15) is 0 Å². The summed E-state index contributed by atoms with van der Waals surface area (Å²) in [5.74, 6) is 0. The summed E-state index contributed by atoms with van der Waals surface area (Å²) in [6, 6.07) is 36.1. The number of aliphatic hydroxyl groups excluding tert-OH is 1. The highest BCUT2D eigenvalue weighted by Gasteiger charge is 2.25.